The molecule has 0 spiro atoms. The highest BCUT2D eigenvalue weighted by molar-refractivity contribution is 5.38. The molecule has 0 aromatic heterocycles. The van der Waals surface area contributed by atoms with Crippen molar-refractivity contribution in [1.29, 1.82) is 0 Å². The summed E-state index contributed by atoms with van der Waals surface area (Å²) in [5.41, 5.74) is 8.60. The lowest BCUT2D eigenvalue weighted by Gasteiger charge is -2.31. The predicted octanol–water partition coefficient (Wildman–Crippen LogP) is 1.14. The molecule has 1 aromatic rings. The zero-order valence-corrected chi connectivity index (χ0v) is 8.66. The van der Waals surface area contributed by atoms with Gasteiger partial charge in [0.15, 0.2) is 0 Å². The minimum absolute atomic E-state index is 0.0321. The number of nitrogens with zero attached hydrogens (tertiary/aromatic N) is 1. The molecule has 0 aliphatic carbocycles. The number of hydrogen-bond acceptors (Lipinski definition) is 3. The topological polar surface area (TPSA) is 38.5 Å². The number of nitrogens with two attached hydrogens (primary N) is 1. The maximum atomic E-state index is 6.07. The van der Waals surface area contributed by atoms with Gasteiger partial charge in [0, 0.05) is 6.54 Å². The van der Waals surface area contributed by atoms with Crippen molar-refractivity contribution in [2.24, 2.45) is 5.73 Å². The largest absolute Gasteiger partial charge is 0.497 e. The lowest BCUT2D eigenvalue weighted by molar-refractivity contribution is 0.236. The molecule has 1 aliphatic rings. The lowest BCUT2D eigenvalue weighted by Crippen LogP contribution is -2.37. The van der Waals surface area contributed by atoms with E-state index in [9.17, 15) is 0 Å². The molecule has 76 valence electrons. The van der Waals surface area contributed by atoms with E-state index in [1.807, 2.05) is 6.07 Å². The number of benzene rings is 1. The Morgan fingerprint density at radius 2 is 2.29 bits per heavy atom. The first-order valence-corrected chi connectivity index (χ1v) is 4.85. The summed E-state index contributed by atoms with van der Waals surface area (Å²) in [4.78, 5) is 2.16. The third kappa shape index (κ3) is 1.49. The fourth-order valence-corrected chi connectivity index (χ4v) is 1.89. The summed E-state index contributed by atoms with van der Waals surface area (Å²) >= 11 is 0. The third-order valence-electron chi connectivity index (χ3n) is 2.88. The van der Waals surface area contributed by atoms with Crippen molar-refractivity contribution < 1.29 is 4.74 Å². The van der Waals surface area contributed by atoms with Crippen LogP contribution < -0.4 is 10.5 Å². The number of hydrogen-bond donors (Lipinski definition) is 1. The summed E-state index contributed by atoms with van der Waals surface area (Å²) < 4.78 is 5.19. The zero-order chi connectivity index (χ0) is 10.1. The Labute approximate surface area is 84.5 Å². The molecule has 1 aliphatic heterocycles. The number of ether oxygens (including phenoxy) is 1. The van der Waals surface area contributed by atoms with E-state index in [0.29, 0.717) is 0 Å². The van der Waals surface area contributed by atoms with Gasteiger partial charge in [-0.15, -0.1) is 0 Å². The van der Waals surface area contributed by atoms with Crippen molar-refractivity contribution in [3.8, 4) is 5.75 Å². The minimum atomic E-state index is 0.0321. The molecule has 3 nitrogen and oxygen atoms in total. The Hall–Kier alpha value is -1.06. The Kier molecular flexibility index (Phi) is 2.44. The average Bonchev–Trinajstić information content (AvgIpc) is 2.23. The van der Waals surface area contributed by atoms with Crippen molar-refractivity contribution in [3.05, 3.63) is 29.3 Å². The van der Waals surface area contributed by atoms with Gasteiger partial charge in [0.05, 0.1) is 13.3 Å². The standard InChI is InChI=1S/C11H16N2O/c1-13-6-5-8-7-9(14-2)3-4-10(8)11(13)12/h3-4,7,11H,5-6,12H2,1-2H3. The summed E-state index contributed by atoms with van der Waals surface area (Å²) in [7, 11) is 3.74. The molecule has 0 saturated carbocycles. The Balaban J connectivity index is 2.38. The Morgan fingerprint density at radius 3 is 3.00 bits per heavy atom. The van der Waals surface area contributed by atoms with Crippen LogP contribution in [0, 0.1) is 0 Å². The Morgan fingerprint density at radius 1 is 1.50 bits per heavy atom. The van der Waals surface area contributed by atoms with Gasteiger partial charge in [0.1, 0.15) is 5.75 Å². The van der Waals surface area contributed by atoms with Crippen LogP contribution in [0.15, 0.2) is 18.2 Å². The maximum Gasteiger partial charge on any atom is 0.119 e. The first-order chi connectivity index (χ1) is 6.72. The molecule has 1 atom stereocenters. The lowest BCUT2D eigenvalue weighted by atomic mass is 9.97. The van der Waals surface area contributed by atoms with E-state index in [1.54, 1.807) is 7.11 Å². The second kappa shape index (κ2) is 3.59. The van der Waals surface area contributed by atoms with Crippen LogP contribution in [0.4, 0.5) is 0 Å². The predicted molar refractivity (Wildman–Crippen MR) is 56.3 cm³/mol. The second-order valence-corrected chi connectivity index (χ2v) is 3.74. The smallest absolute Gasteiger partial charge is 0.119 e. The van der Waals surface area contributed by atoms with Crippen molar-refractivity contribution >= 4 is 0 Å². The molecule has 3 heteroatoms. The number of fused-ring (bicyclic) bond motifs is 1. The highest BCUT2D eigenvalue weighted by atomic mass is 16.5. The van der Waals surface area contributed by atoms with E-state index < -0.39 is 0 Å². The monoisotopic (exact) mass is 192 g/mol. The molecule has 14 heavy (non-hydrogen) atoms. The van der Waals surface area contributed by atoms with Crippen molar-refractivity contribution in [1.82, 2.24) is 4.90 Å². The van der Waals surface area contributed by atoms with Crippen LogP contribution >= 0.6 is 0 Å². The first kappa shape index (κ1) is 9.49. The van der Waals surface area contributed by atoms with Gasteiger partial charge in [-0.2, -0.15) is 0 Å². The molecule has 0 bridgehead atoms. The fraction of sp³-hybridized carbons (Fsp3) is 0.455. The highest BCUT2D eigenvalue weighted by Gasteiger charge is 2.21. The van der Waals surface area contributed by atoms with Crippen LogP contribution in [0.1, 0.15) is 17.3 Å². The molecule has 1 aromatic carbocycles. The fourth-order valence-electron chi connectivity index (χ4n) is 1.89. The molecule has 0 radical (unpaired) electrons. The highest BCUT2D eigenvalue weighted by Crippen LogP contribution is 2.27. The molecule has 1 unspecified atom stereocenters. The molecule has 2 N–H and O–H groups in total. The van der Waals surface area contributed by atoms with Gasteiger partial charge in [-0.3, -0.25) is 4.90 Å². The van der Waals surface area contributed by atoms with Crippen molar-refractivity contribution in [2.45, 2.75) is 12.6 Å². The molecule has 2 rings (SSSR count). The normalized spacial score (nSPS) is 21.8. The van der Waals surface area contributed by atoms with Gasteiger partial charge in [-0.05, 0) is 36.7 Å². The number of methoxy groups -OCH3 is 1. The molecular formula is C11H16N2O. The summed E-state index contributed by atoms with van der Waals surface area (Å²) in [6, 6.07) is 6.12. The molecule has 0 amide bonds. The van der Waals surface area contributed by atoms with Gasteiger partial charge in [-0.1, -0.05) is 6.07 Å². The van der Waals surface area contributed by atoms with E-state index in [2.05, 4.69) is 24.1 Å². The van der Waals surface area contributed by atoms with Gasteiger partial charge < -0.3 is 10.5 Å². The third-order valence-corrected chi connectivity index (χ3v) is 2.88. The van der Waals surface area contributed by atoms with Gasteiger partial charge in [0.25, 0.3) is 0 Å². The molecule has 0 fully saturated rings. The van der Waals surface area contributed by atoms with Crippen LogP contribution in [0.25, 0.3) is 0 Å². The minimum Gasteiger partial charge on any atom is -0.497 e. The van der Waals surface area contributed by atoms with E-state index in [4.69, 9.17) is 10.5 Å². The van der Waals surface area contributed by atoms with Crippen molar-refractivity contribution in [2.75, 3.05) is 20.7 Å². The van der Waals surface area contributed by atoms with Gasteiger partial charge in [0.2, 0.25) is 0 Å². The Bertz CT molecular complexity index is 338. The molecule has 0 saturated heterocycles. The van der Waals surface area contributed by atoms with Crippen molar-refractivity contribution in [3.63, 3.8) is 0 Å². The van der Waals surface area contributed by atoms with E-state index in [1.165, 1.54) is 11.1 Å². The second-order valence-electron chi connectivity index (χ2n) is 3.74. The average molecular weight is 192 g/mol. The SMILES string of the molecule is COc1ccc2c(c1)CCN(C)C2N. The van der Waals surface area contributed by atoms with Gasteiger partial charge in [-0.25, -0.2) is 0 Å². The number of rotatable bonds is 1. The van der Waals surface area contributed by atoms with Crippen LogP contribution in [-0.2, 0) is 6.42 Å². The van der Waals surface area contributed by atoms with E-state index in [-0.39, 0.29) is 6.17 Å². The zero-order valence-electron chi connectivity index (χ0n) is 8.66. The molecular weight excluding hydrogens is 176 g/mol. The van der Waals surface area contributed by atoms with Crippen LogP contribution in [-0.4, -0.2) is 25.6 Å². The summed E-state index contributed by atoms with van der Waals surface area (Å²) in [6.07, 6.45) is 1.08. The summed E-state index contributed by atoms with van der Waals surface area (Å²) in [6.45, 7) is 1.02. The first-order valence-electron chi connectivity index (χ1n) is 4.85. The van der Waals surface area contributed by atoms with Gasteiger partial charge >= 0.3 is 0 Å². The quantitative estimate of drug-likeness (QED) is 0.725. The van der Waals surface area contributed by atoms with Crippen LogP contribution in [0.2, 0.25) is 0 Å². The maximum absolute atomic E-state index is 6.07. The summed E-state index contributed by atoms with van der Waals surface area (Å²) in [5, 5.41) is 0. The summed E-state index contributed by atoms with van der Waals surface area (Å²) in [5.74, 6) is 0.917. The van der Waals surface area contributed by atoms with Crippen LogP contribution in [0.5, 0.6) is 5.75 Å². The van der Waals surface area contributed by atoms with Crippen LogP contribution in [0.3, 0.4) is 0 Å². The van der Waals surface area contributed by atoms with E-state index >= 15 is 0 Å². The molecule has 1 heterocycles. The van der Waals surface area contributed by atoms with E-state index in [0.717, 1.165) is 18.7 Å². The number of likely N-dealkylation sites (N-methyl/N-ethyl adjacent to an activating group) is 1.